The summed E-state index contributed by atoms with van der Waals surface area (Å²) < 4.78 is 5.42. The monoisotopic (exact) mass is 273 g/mol. The Bertz CT molecular complexity index is 543. The van der Waals surface area contributed by atoms with E-state index in [1.165, 1.54) is 20.9 Å². The Balaban J connectivity index is 1.84. The summed E-state index contributed by atoms with van der Waals surface area (Å²) in [6.45, 7) is 6.99. The number of hydrogen-bond donors (Lipinski definition) is 0. The van der Waals surface area contributed by atoms with Crippen LogP contribution in [-0.2, 0) is 11.3 Å². The first-order valence-corrected chi connectivity index (χ1v) is 7.59. The van der Waals surface area contributed by atoms with Crippen molar-refractivity contribution in [2.45, 2.75) is 13.5 Å². The summed E-state index contributed by atoms with van der Waals surface area (Å²) in [4.78, 5) is 5.22. The predicted molar refractivity (Wildman–Crippen MR) is 80.6 cm³/mol. The van der Waals surface area contributed by atoms with Gasteiger partial charge in [0.2, 0.25) is 0 Å². The number of ether oxygens (including phenoxy) is 1. The summed E-state index contributed by atoms with van der Waals surface area (Å²) >= 11 is 1.87. The zero-order valence-electron chi connectivity index (χ0n) is 11.3. The summed E-state index contributed by atoms with van der Waals surface area (Å²) in [5.41, 5.74) is 2.80. The molecule has 3 rings (SSSR count). The van der Waals surface area contributed by atoms with E-state index < -0.39 is 0 Å². The first-order chi connectivity index (χ1) is 9.33. The summed E-state index contributed by atoms with van der Waals surface area (Å²) in [7, 11) is 0. The van der Waals surface area contributed by atoms with Gasteiger partial charge in [0.15, 0.2) is 0 Å². The molecule has 1 aromatic carbocycles. The number of hydrogen-bond acceptors (Lipinski definition) is 3. The summed E-state index contributed by atoms with van der Waals surface area (Å²) in [5.74, 6) is 0. The van der Waals surface area contributed by atoms with E-state index in [1.54, 1.807) is 0 Å². The molecule has 1 aliphatic heterocycles. The molecule has 0 unspecified atom stereocenters. The molecule has 0 saturated carbocycles. The van der Waals surface area contributed by atoms with Crippen LogP contribution in [0.25, 0.3) is 10.4 Å². The highest BCUT2D eigenvalue weighted by Gasteiger charge is 2.13. The molecule has 0 N–H and O–H groups in total. The number of nitrogens with zero attached hydrogens (tertiary/aromatic N) is 1. The largest absolute Gasteiger partial charge is 0.379 e. The van der Waals surface area contributed by atoms with Crippen molar-refractivity contribution in [3.8, 4) is 10.4 Å². The minimum Gasteiger partial charge on any atom is -0.379 e. The fourth-order valence-electron chi connectivity index (χ4n) is 2.48. The van der Waals surface area contributed by atoms with Gasteiger partial charge >= 0.3 is 0 Å². The molecule has 0 atom stereocenters. The van der Waals surface area contributed by atoms with Gasteiger partial charge in [-0.15, -0.1) is 11.3 Å². The molecule has 0 spiro atoms. The molecular formula is C16H19NOS. The summed E-state index contributed by atoms with van der Waals surface area (Å²) in [6, 6.07) is 13.2. The molecular weight excluding hydrogens is 254 g/mol. The van der Waals surface area contributed by atoms with Crippen LogP contribution in [0.4, 0.5) is 0 Å². The van der Waals surface area contributed by atoms with Crippen molar-refractivity contribution in [3.05, 3.63) is 46.8 Å². The van der Waals surface area contributed by atoms with Crippen LogP contribution in [0, 0.1) is 6.92 Å². The third-order valence-corrected chi connectivity index (χ3v) is 4.55. The summed E-state index contributed by atoms with van der Waals surface area (Å²) in [5, 5.41) is 0. The maximum absolute atomic E-state index is 5.42. The number of benzene rings is 1. The lowest BCUT2D eigenvalue weighted by molar-refractivity contribution is 0.0342. The maximum atomic E-state index is 5.42. The zero-order valence-corrected chi connectivity index (χ0v) is 12.1. The molecule has 0 bridgehead atoms. The second-order valence-electron chi connectivity index (χ2n) is 4.96. The molecule has 2 nitrogen and oxygen atoms in total. The first-order valence-electron chi connectivity index (χ1n) is 6.78. The maximum Gasteiger partial charge on any atom is 0.0594 e. The van der Waals surface area contributed by atoms with Crippen molar-refractivity contribution in [1.29, 1.82) is 0 Å². The van der Waals surface area contributed by atoms with Gasteiger partial charge in [-0.25, -0.2) is 0 Å². The van der Waals surface area contributed by atoms with E-state index in [-0.39, 0.29) is 0 Å². The highest BCUT2D eigenvalue weighted by atomic mass is 32.1. The SMILES string of the molecule is Cc1ccc(-c2ccccc2CN2CCOCC2)s1. The highest BCUT2D eigenvalue weighted by Crippen LogP contribution is 2.31. The molecule has 1 aromatic heterocycles. The standard InChI is InChI=1S/C16H19NOS/c1-13-6-7-16(19-13)15-5-3-2-4-14(15)12-17-8-10-18-11-9-17/h2-7H,8-12H2,1H3. The van der Waals surface area contributed by atoms with Gasteiger partial charge < -0.3 is 4.74 Å². The van der Waals surface area contributed by atoms with Crippen molar-refractivity contribution < 1.29 is 4.74 Å². The minimum absolute atomic E-state index is 0.861. The Labute approximate surface area is 118 Å². The van der Waals surface area contributed by atoms with E-state index in [4.69, 9.17) is 4.74 Å². The smallest absolute Gasteiger partial charge is 0.0594 e. The molecule has 0 aliphatic carbocycles. The van der Waals surface area contributed by atoms with Crippen LogP contribution in [0.2, 0.25) is 0 Å². The first kappa shape index (κ1) is 12.9. The van der Waals surface area contributed by atoms with Crippen LogP contribution in [0.15, 0.2) is 36.4 Å². The van der Waals surface area contributed by atoms with Crippen LogP contribution >= 0.6 is 11.3 Å². The lowest BCUT2D eigenvalue weighted by atomic mass is 10.1. The second-order valence-corrected chi connectivity index (χ2v) is 6.24. The zero-order chi connectivity index (χ0) is 13.1. The van der Waals surface area contributed by atoms with Crippen LogP contribution in [0.3, 0.4) is 0 Å². The van der Waals surface area contributed by atoms with Gasteiger partial charge in [-0.3, -0.25) is 4.90 Å². The van der Waals surface area contributed by atoms with Crippen molar-refractivity contribution in [3.63, 3.8) is 0 Å². The number of aryl methyl sites for hydroxylation is 1. The Morgan fingerprint density at radius 1 is 1.11 bits per heavy atom. The molecule has 1 aliphatic rings. The quantitative estimate of drug-likeness (QED) is 0.848. The van der Waals surface area contributed by atoms with Crippen molar-refractivity contribution in [1.82, 2.24) is 4.90 Å². The number of morpholine rings is 1. The Morgan fingerprint density at radius 2 is 1.89 bits per heavy atom. The molecule has 1 fully saturated rings. The van der Waals surface area contributed by atoms with Gasteiger partial charge in [0.25, 0.3) is 0 Å². The Morgan fingerprint density at radius 3 is 2.63 bits per heavy atom. The van der Waals surface area contributed by atoms with E-state index in [0.717, 1.165) is 32.8 Å². The van der Waals surface area contributed by atoms with Crippen LogP contribution in [-0.4, -0.2) is 31.2 Å². The number of rotatable bonds is 3. The molecule has 2 aromatic rings. The topological polar surface area (TPSA) is 12.5 Å². The molecule has 0 amide bonds. The third kappa shape index (κ3) is 3.06. The fraction of sp³-hybridized carbons (Fsp3) is 0.375. The lowest BCUT2D eigenvalue weighted by Gasteiger charge is -2.27. The van der Waals surface area contributed by atoms with Gasteiger partial charge in [0, 0.05) is 29.4 Å². The van der Waals surface area contributed by atoms with Crippen molar-refractivity contribution in [2.24, 2.45) is 0 Å². The molecule has 2 heterocycles. The highest BCUT2D eigenvalue weighted by molar-refractivity contribution is 7.15. The molecule has 0 radical (unpaired) electrons. The lowest BCUT2D eigenvalue weighted by Crippen LogP contribution is -2.35. The average Bonchev–Trinajstić information content (AvgIpc) is 2.87. The Kier molecular flexibility index (Phi) is 3.97. The van der Waals surface area contributed by atoms with E-state index >= 15 is 0 Å². The fourth-order valence-corrected chi connectivity index (χ4v) is 3.41. The second kappa shape index (κ2) is 5.87. The Hall–Kier alpha value is -1.16. The van der Waals surface area contributed by atoms with Gasteiger partial charge in [-0.05, 0) is 30.2 Å². The van der Waals surface area contributed by atoms with Crippen LogP contribution in [0.5, 0.6) is 0 Å². The van der Waals surface area contributed by atoms with Gasteiger partial charge in [0.1, 0.15) is 0 Å². The van der Waals surface area contributed by atoms with E-state index in [0.29, 0.717) is 0 Å². The number of thiophene rings is 1. The normalized spacial score (nSPS) is 16.7. The van der Waals surface area contributed by atoms with Crippen molar-refractivity contribution >= 4 is 11.3 Å². The van der Waals surface area contributed by atoms with Gasteiger partial charge in [0.05, 0.1) is 13.2 Å². The van der Waals surface area contributed by atoms with Crippen molar-refractivity contribution in [2.75, 3.05) is 26.3 Å². The minimum atomic E-state index is 0.861. The van der Waals surface area contributed by atoms with E-state index in [2.05, 4.69) is 48.2 Å². The van der Waals surface area contributed by atoms with Gasteiger partial charge in [-0.1, -0.05) is 24.3 Å². The van der Waals surface area contributed by atoms with E-state index in [1.807, 2.05) is 11.3 Å². The van der Waals surface area contributed by atoms with E-state index in [9.17, 15) is 0 Å². The van der Waals surface area contributed by atoms with Crippen LogP contribution < -0.4 is 0 Å². The van der Waals surface area contributed by atoms with Crippen LogP contribution in [0.1, 0.15) is 10.4 Å². The molecule has 19 heavy (non-hydrogen) atoms. The molecule has 100 valence electrons. The average molecular weight is 273 g/mol. The predicted octanol–water partition coefficient (Wildman–Crippen LogP) is 3.56. The van der Waals surface area contributed by atoms with Gasteiger partial charge in [-0.2, -0.15) is 0 Å². The summed E-state index contributed by atoms with van der Waals surface area (Å²) in [6.07, 6.45) is 0. The molecule has 1 saturated heterocycles. The third-order valence-electron chi connectivity index (χ3n) is 3.52. The molecule has 3 heteroatoms.